The van der Waals surface area contributed by atoms with Gasteiger partial charge in [-0.05, 0) is 30.0 Å². The van der Waals surface area contributed by atoms with Crippen molar-refractivity contribution in [1.29, 1.82) is 0 Å². The molecule has 1 aromatic carbocycles. The van der Waals surface area contributed by atoms with Crippen LogP contribution in [-0.2, 0) is 6.54 Å². The van der Waals surface area contributed by atoms with Crippen LogP contribution in [0.15, 0.2) is 18.2 Å². The predicted molar refractivity (Wildman–Crippen MR) is 82.4 cm³/mol. The Kier molecular flexibility index (Phi) is 4.59. The molecule has 0 saturated heterocycles. The summed E-state index contributed by atoms with van der Waals surface area (Å²) in [5.41, 5.74) is 1.52. The highest BCUT2D eigenvalue weighted by Gasteiger charge is 2.25. The fraction of sp³-hybridized carbons (Fsp3) is 0.647. The zero-order chi connectivity index (χ0) is 14.8. The van der Waals surface area contributed by atoms with Crippen LogP contribution in [0.25, 0.3) is 0 Å². The number of ether oxygens (including phenoxy) is 2. The van der Waals surface area contributed by atoms with Crippen LogP contribution < -0.4 is 9.47 Å². The molecule has 0 fully saturated rings. The van der Waals surface area contributed by atoms with Gasteiger partial charge in [0.05, 0.1) is 7.11 Å². The molecule has 1 atom stereocenters. The lowest BCUT2D eigenvalue weighted by Crippen LogP contribution is -2.37. The Bertz CT molecular complexity index is 451. The molecule has 2 rings (SSSR count). The summed E-state index contributed by atoms with van der Waals surface area (Å²) in [7, 11) is 1.71. The van der Waals surface area contributed by atoms with Crippen LogP contribution in [0, 0.1) is 5.41 Å². The Morgan fingerprint density at radius 3 is 2.70 bits per heavy atom. The molecule has 0 spiro atoms. The van der Waals surface area contributed by atoms with Crippen molar-refractivity contribution in [2.75, 3.05) is 20.2 Å². The summed E-state index contributed by atoms with van der Waals surface area (Å²) in [6, 6.07) is 6.12. The van der Waals surface area contributed by atoms with Gasteiger partial charge < -0.3 is 9.47 Å². The van der Waals surface area contributed by atoms with Crippen LogP contribution in [0.3, 0.4) is 0 Å². The maximum absolute atomic E-state index is 6.15. The summed E-state index contributed by atoms with van der Waals surface area (Å²) in [4.78, 5) is 2.50. The fourth-order valence-electron chi connectivity index (χ4n) is 2.74. The minimum atomic E-state index is 0.270. The molecule has 3 nitrogen and oxygen atoms in total. The van der Waals surface area contributed by atoms with Crippen molar-refractivity contribution in [1.82, 2.24) is 4.90 Å². The first kappa shape index (κ1) is 15.2. The predicted octanol–water partition coefficient (Wildman–Crippen LogP) is 3.71. The summed E-state index contributed by atoms with van der Waals surface area (Å²) in [5, 5.41) is 0. The quantitative estimate of drug-likeness (QED) is 0.840. The van der Waals surface area contributed by atoms with Crippen molar-refractivity contribution in [3.63, 3.8) is 0 Å². The van der Waals surface area contributed by atoms with Crippen molar-refractivity contribution < 1.29 is 9.47 Å². The molecule has 0 saturated carbocycles. The summed E-state index contributed by atoms with van der Waals surface area (Å²) in [6.07, 6.45) is 1.30. The molecule has 1 heterocycles. The first-order valence-electron chi connectivity index (χ1n) is 7.47. The van der Waals surface area contributed by atoms with Gasteiger partial charge in [0.1, 0.15) is 17.6 Å². The Labute approximate surface area is 122 Å². The van der Waals surface area contributed by atoms with Gasteiger partial charge in [0.25, 0.3) is 0 Å². The van der Waals surface area contributed by atoms with Gasteiger partial charge in [-0.1, -0.05) is 27.7 Å². The van der Waals surface area contributed by atoms with Crippen molar-refractivity contribution >= 4 is 0 Å². The Balaban J connectivity index is 2.26. The third kappa shape index (κ3) is 3.89. The van der Waals surface area contributed by atoms with Gasteiger partial charge in [0, 0.05) is 25.2 Å². The van der Waals surface area contributed by atoms with Gasteiger partial charge in [0.15, 0.2) is 0 Å². The van der Waals surface area contributed by atoms with Crippen molar-refractivity contribution in [3.05, 3.63) is 23.8 Å². The molecule has 1 aliphatic heterocycles. The van der Waals surface area contributed by atoms with E-state index in [1.54, 1.807) is 7.11 Å². The van der Waals surface area contributed by atoms with E-state index >= 15 is 0 Å². The van der Waals surface area contributed by atoms with E-state index in [-0.39, 0.29) is 6.10 Å². The number of nitrogens with zero attached hydrogens (tertiary/aromatic N) is 1. The smallest absolute Gasteiger partial charge is 0.124 e. The number of fused-ring (bicyclic) bond motifs is 1. The third-order valence-corrected chi connectivity index (χ3v) is 3.57. The molecule has 0 N–H and O–H groups in total. The SMILES string of the molecule is CC[C@H]1CN(CC(C)(C)C)Cc2cc(OC)ccc2O1. The average molecular weight is 277 g/mol. The maximum Gasteiger partial charge on any atom is 0.124 e. The zero-order valence-corrected chi connectivity index (χ0v) is 13.4. The van der Waals surface area contributed by atoms with Crippen molar-refractivity contribution in [2.24, 2.45) is 5.41 Å². The second-order valence-electron chi connectivity index (χ2n) is 6.85. The monoisotopic (exact) mass is 277 g/mol. The van der Waals surface area contributed by atoms with Crippen LogP contribution in [-0.4, -0.2) is 31.2 Å². The van der Waals surface area contributed by atoms with E-state index in [0.717, 1.165) is 37.6 Å². The van der Waals surface area contributed by atoms with Gasteiger partial charge in [-0.25, -0.2) is 0 Å². The molecular weight excluding hydrogens is 250 g/mol. The first-order chi connectivity index (χ1) is 9.41. The van der Waals surface area contributed by atoms with Gasteiger partial charge in [-0.3, -0.25) is 4.90 Å². The second kappa shape index (κ2) is 6.04. The highest BCUT2D eigenvalue weighted by molar-refractivity contribution is 5.41. The molecule has 0 aliphatic carbocycles. The molecule has 3 heteroatoms. The molecule has 1 aromatic rings. The average Bonchev–Trinajstić information content (AvgIpc) is 2.53. The van der Waals surface area contributed by atoms with E-state index in [0.29, 0.717) is 5.41 Å². The summed E-state index contributed by atoms with van der Waals surface area (Å²) in [6.45, 7) is 12.0. The standard InChI is InChI=1S/C17H27NO2/c1-6-14-11-18(12-17(2,3)4)10-13-9-15(19-5)7-8-16(13)20-14/h7-9,14H,6,10-12H2,1-5H3/t14-/m0/s1. The van der Waals surface area contributed by atoms with E-state index in [1.807, 2.05) is 12.1 Å². The van der Waals surface area contributed by atoms with Gasteiger partial charge in [-0.2, -0.15) is 0 Å². The number of hydrogen-bond acceptors (Lipinski definition) is 3. The normalized spacial score (nSPS) is 19.9. The second-order valence-corrected chi connectivity index (χ2v) is 6.85. The van der Waals surface area contributed by atoms with Crippen LogP contribution in [0.5, 0.6) is 11.5 Å². The number of methoxy groups -OCH3 is 1. The minimum Gasteiger partial charge on any atom is -0.497 e. The fourth-order valence-corrected chi connectivity index (χ4v) is 2.74. The van der Waals surface area contributed by atoms with Crippen molar-refractivity contribution in [2.45, 2.75) is 46.8 Å². The van der Waals surface area contributed by atoms with Crippen LogP contribution in [0.2, 0.25) is 0 Å². The topological polar surface area (TPSA) is 21.7 Å². The van der Waals surface area contributed by atoms with Crippen LogP contribution in [0.4, 0.5) is 0 Å². The molecule has 0 amide bonds. The zero-order valence-electron chi connectivity index (χ0n) is 13.4. The third-order valence-electron chi connectivity index (χ3n) is 3.57. The molecule has 1 aliphatic rings. The molecule has 0 aromatic heterocycles. The largest absolute Gasteiger partial charge is 0.497 e. The van der Waals surface area contributed by atoms with Crippen LogP contribution in [0.1, 0.15) is 39.7 Å². The maximum atomic E-state index is 6.15. The highest BCUT2D eigenvalue weighted by Crippen LogP contribution is 2.30. The number of benzene rings is 1. The van der Waals surface area contributed by atoms with Gasteiger partial charge in [-0.15, -0.1) is 0 Å². The molecule has 0 bridgehead atoms. The lowest BCUT2D eigenvalue weighted by atomic mass is 9.95. The van der Waals surface area contributed by atoms with E-state index in [4.69, 9.17) is 9.47 Å². The molecular formula is C17H27NO2. The van der Waals surface area contributed by atoms with E-state index in [1.165, 1.54) is 5.56 Å². The number of hydrogen-bond donors (Lipinski definition) is 0. The minimum absolute atomic E-state index is 0.270. The summed E-state index contributed by atoms with van der Waals surface area (Å²) in [5.74, 6) is 1.91. The van der Waals surface area contributed by atoms with Gasteiger partial charge in [0.2, 0.25) is 0 Å². The van der Waals surface area contributed by atoms with Crippen LogP contribution >= 0.6 is 0 Å². The molecule has 112 valence electrons. The molecule has 0 unspecified atom stereocenters. The Morgan fingerprint density at radius 2 is 2.10 bits per heavy atom. The van der Waals surface area contributed by atoms with E-state index in [9.17, 15) is 0 Å². The summed E-state index contributed by atoms with van der Waals surface area (Å²) < 4.78 is 11.5. The lowest BCUT2D eigenvalue weighted by Gasteiger charge is -2.30. The van der Waals surface area contributed by atoms with E-state index in [2.05, 4.69) is 38.7 Å². The Morgan fingerprint density at radius 1 is 1.35 bits per heavy atom. The van der Waals surface area contributed by atoms with Gasteiger partial charge >= 0.3 is 0 Å². The number of rotatable bonds is 3. The molecule has 0 radical (unpaired) electrons. The lowest BCUT2D eigenvalue weighted by molar-refractivity contribution is 0.117. The first-order valence-corrected chi connectivity index (χ1v) is 7.47. The Hall–Kier alpha value is -1.22. The molecule has 20 heavy (non-hydrogen) atoms. The highest BCUT2D eigenvalue weighted by atomic mass is 16.5. The van der Waals surface area contributed by atoms with E-state index < -0.39 is 0 Å². The summed E-state index contributed by atoms with van der Waals surface area (Å²) >= 11 is 0. The van der Waals surface area contributed by atoms with Crippen molar-refractivity contribution in [3.8, 4) is 11.5 Å².